The van der Waals surface area contributed by atoms with Crippen molar-refractivity contribution in [3.63, 3.8) is 0 Å². The molecule has 1 atom stereocenters. The molecule has 0 fully saturated rings. The number of carbonyl (C=O) groups is 2. The summed E-state index contributed by atoms with van der Waals surface area (Å²) in [6, 6.07) is 0. The first-order chi connectivity index (χ1) is 8.07. The highest BCUT2D eigenvalue weighted by Gasteiger charge is 2.16. The Kier molecular flexibility index (Phi) is 10.6. The van der Waals surface area contributed by atoms with Crippen molar-refractivity contribution in [2.75, 3.05) is 0 Å². The van der Waals surface area contributed by atoms with Crippen LogP contribution in [0.15, 0.2) is 0 Å². The minimum absolute atomic E-state index is 0.0492. The SMILES string of the molecule is CCCCCCCCCC(SC(C)=O)C(C)=O. The first-order valence-corrected chi connectivity index (χ1v) is 7.63. The molecule has 100 valence electrons. The Bertz CT molecular complexity index is 226. The van der Waals surface area contributed by atoms with Crippen LogP contribution < -0.4 is 0 Å². The number of ketones is 1. The van der Waals surface area contributed by atoms with E-state index in [2.05, 4.69) is 6.92 Å². The molecule has 0 spiro atoms. The summed E-state index contributed by atoms with van der Waals surface area (Å²) in [4.78, 5) is 22.3. The van der Waals surface area contributed by atoms with Crippen LogP contribution in [0, 0.1) is 0 Å². The van der Waals surface area contributed by atoms with Gasteiger partial charge >= 0.3 is 0 Å². The molecule has 0 saturated carbocycles. The third-order valence-corrected chi connectivity index (χ3v) is 4.02. The lowest BCUT2D eigenvalue weighted by Gasteiger charge is -2.10. The van der Waals surface area contributed by atoms with Gasteiger partial charge in [0.05, 0.1) is 5.25 Å². The van der Waals surface area contributed by atoms with Gasteiger partial charge in [0.15, 0.2) is 5.12 Å². The number of thioether (sulfide) groups is 1. The number of hydrogen-bond acceptors (Lipinski definition) is 3. The second-order valence-electron chi connectivity index (χ2n) is 4.62. The zero-order valence-corrected chi connectivity index (χ0v) is 12.3. The molecule has 17 heavy (non-hydrogen) atoms. The summed E-state index contributed by atoms with van der Waals surface area (Å²) in [5.74, 6) is 0.135. The van der Waals surface area contributed by atoms with Crippen molar-refractivity contribution in [3.05, 3.63) is 0 Å². The van der Waals surface area contributed by atoms with Crippen molar-refractivity contribution in [3.8, 4) is 0 Å². The molecule has 0 radical (unpaired) electrons. The summed E-state index contributed by atoms with van der Waals surface area (Å²) in [6.07, 6.45) is 9.61. The van der Waals surface area contributed by atoms with Gasteiger partial charge in [0, 0.05) is 6.92 Å². The molecule has 0 saturated heterocycles. The van der Waals surface area contributed by atoms with Crippen LogP contribution in [0.4, 0.5) is 0 Å². The normalized spacial score (nSPS) is 12.4. The molecule has 0 aliphatic carbocycles. The Hall–Kier alpha value is -0.310. The van der Waals surface area contributed by atoms with Gasteiger partial charge in [0.25, 0.3) is 0 Å². The molecule has 0 aliphatic heterocycles. The van der Waals surface area contributed by atoms with Crippen LogP contribution in [0.25, 0.3) is 0 Å². The average Bonchev–Trinajstić information content (AvgIpc) is 2.25. The van der Waals surface area contributed by atoms with Gasteiger partial charge in [-0.2, -0.15) is 0 Å². The highest BCUT2D eigenvalue weighted by Crippen LogP contribution is 2.20. The van der Waals surface area contributed by atoms with Crippen molar-refractivity contribution in [2.24, 2.45) is 0 Å². The van der Waals surface area contributed by atoms with E-state index < -0.39 is 0 Å². The van der Waals surface area contributed by atoms with E-state index in [4.69, 9.17) is 0 Å². The molecule has 0 rings (SSSR count). The molecule has 0 amide bonds. The molecule has 0 N–H and O–H groups in total. The van der Waals surface area contributed by atoms with Gasteiger partial charge in [0.2, 0.25) is 0 Å². The minimum atomic E-state index is -0.108. The molecule has 0 aromatic heterocycles. The van der Waals surface area contributed by atoms with Crippen LogP contribution in [0.1, 0.15) is 72.1 Å². The summed E-state index contributed by atoms with van der Waals surface area (Å²) >= 11 is 1.19. The molecule has 2 nitrogen and oxygen atoms in total. The number of hydrogen-bond donors (Lipinski definition) is 0. The van der Waals surface area contributed by atoms with Crippen LogP contribution in [-0.2, 0) is 9.59 Å². The van der Waals surface area contributed by atoms with Crippen molar-refractivity contribution in [1.82, 2.24) is 0 Å². The van der Waals surface area contributed by atoms with Crippen LogP contribution in [0.2, 0.25) is 0 Å². The molecule has 0 bridgehead atoms. The Morgan fingerprint density at radius 2 is 1.47 bits per heavy atom. The number of Topliss-reactive ketones (excluding diaryl/α,β-unsaturated/α-hetero) is 1. The Labute approximate surface area is 110 Å². The second-order valence-corrected chi connectivity index (χ2v) is 6.00. The van der Waals surface area contributed by atoms with Crippen molar-refractivity contribution in [1.29, 1.82) is 0 Å². The van der Waals surface area contributed by atoms with E-state index in [1.807, 2.05) is 0 Å². The fraction of sp³-hybridized carbons (Fsp3) is 0.857. The summed E-state index contributed by atoms with van der Waals surface area (Å²) in [7, 11) is 0. The van der Waals surface area contributed by atoms with Crippen LogP contribution in [0.5, 0.6) is 0 Å². The van der Waals surface area contributed by atoms with Gasteiger partial charge in [-0.15, -0.1) is 0 Å². The Balaban J connectivity index is 3.55. The maximum Gasteiger partial charge on any atom is 0.186 e. The summed E-state index contributed by atoms with van der Waals surface area (Å²) in [5, 5.41) is -0.0590. The van der Waals surface area contributed by atoms with E-state index in [9.17, 15) is 9.59 Å². The lowest BCUT2D eigenvalue weighted by atomic mass is 10.1. The predicted octanol–water partition coefficient (Wildman–Crippen LogP) is 4.36. The van der Waals surface area contributed by atoms with E-state index >= 15 is 0 Å². The third-order valence-electron chi connectivity index (χ3n) is 2.83. The smallest absolute Gasteiger partial charge is 0.186 e. The first-order valence-electron chi connectivity index (χ1n) is 6.75. The first kappa shape index (κ1) is 16.7. The molecule has 3 heteroatoms. The standard InChI is InChI=1S/C14H26O2S/c1-4-5-6-7-8-9-10-11-14(12(2)15)17-13(3)16/h14H,4-11H2,1-3H3. The van der Waals surface area contributed by atoms with Crippen molar-refractivity contribution < 1.29 is 9.59 Å². The molecule has 1 unspecified atom stereocenters. The zero-order valence-electron chi connectivity index (χ0n) is 11.5. The van der Waals surface area contributed by atoms with E-state index in [1.165, 1.54) is 57.2 Å². The van der Waals surface area contributed by atoms with Crippen molar-refractivity contribution >= 4 is 22.7 Å². The van der Waals surface area contributed by atoms with Crippen LogP contribution in [-0.4, -0.2) is 16.1 Å². The zero-order chi connectivity index (χ0) is 13.1. The summed E-state index contributed by atoms with van der Waals surface area (Å²) in [6.45, 7) is 5.34. The third kappa shape index (κ3) is 10.6. The molecule has 0 aromatic carbocycles. The van der Waals surface area contributed by atoms with Gasteiger partial charge in [-0.3, -0.25) is 9.59 Å². The number of carbonyl (C=O) groups excluding carboxylic acids is 2. The molecule has 0 aromatic rings. The van der Waals surface area contributed by atoms with E-state index in [0.29, 0.717) is 0 Å². The molecular formula is C14H26O2S. The predicted molar refractivity (Wildman–Crippen MR) is 75.4 cm³/mol. The lowest BCUT2D eigenvalue weighted by Crippen LogP contribution is -2.15. The second kappa shape index (κ2) is 10.8. The van der Waals surface area contributed by atoms with Crippen LogP contribution >= 0.6 is 11.8 Å². The van der Waals surface area contributed by atoms with Gasteiger partial charge in [-0.25, -0.2) is 0 Å². The lowest BCUT2D eigenvalue weighted by molar-refractivity contribution is -0.117. The van der Waals surface area contributed by atoms with Gasteiger partial charge in [-0.05, 0) is 13.3 Å². The van der Waals surface area contributed by atoms with E-state index in [0.717, 1.165) is 12.8 Å². The van der Waals surface area contributed by atoms with Crippen molar-refractivity contribution in [2.45, 2.75) is 77.4 Å². The van der Waals surface area contributed by atoms with E-state index in [-0.39, 0.29) is 16.1 Å². The highest BCUT2D eigenvalue weighted by atomic mass is 32.2. The number of rotatable bonds is 10. The van der Waals surface area contributed by atoms with Gasteiger partial charge in [-0.1, -0.05) is 63.6 Å². The Morgan fingerprint density at radius 3 is 1.94 bits per heavy atom. The highest BCUT2D eigenvalue weighted by molar-refractivity contribution is 8.14. The minimum Gasteiger partial charge on any atom is -0.299 e. The van der Waals surface area contributed by atoms with E-state index in [1.54, 1.807) is 6.92 Å². The summed E-state index contributed by atoms with van der Waals surface area (Å²) < 4.78 is 0. The monoisotopic (exact) mass is 258 g/mol. The van der Waals surface area contributed by atoms with Gasteiger partial charge < -0.3 is 0 Å². The average molecular weight is 258 g/mol. The maximum absolute atomic E-state index is 11.3. The molecule has 0 heterocycles. The fourth-order valence-corrected chi connectivity index (χ4v) is 2.68. The molecule has 0 aliphatic rings. The fourth-order valence-electron chi connectivity index (χ4n) is 1.83. The largest absolute Gasteiger partial charge is 0.299 e. The van der Waals surface area contributed by atoms with Gasteiger partial charge in [0.1, 0.15) is 5.78 Å². The van der Waals surface area contributed by atoms with Crippen LogP contribution in [0.3, 0.4) is 0 Å². The quantitative estimate of drug-likeness (QED) is 0.546. The Morgan fingerprint density at radius 1 is 0.941 bits per heavy atom. The molecular weight excluding hydrogens is 232 g/mol. The maximum atomic E-state index is 11.3. The summed E-state index contributed by atoms with van der Waals surface area (Å²) in [5.41, 5.74) is 0. The topological polar surface area (TPSA) is 34.1 Å². The number of unbranched alkanes of at least 4 members (excludes halogenated alkanes) is 6.